The topological polar surface area (TPSA) is 0 Å². The van der Waals surface area contributed by atoms with E-state index in [1.807, 2.05) is 18.2 Å². The van der Waals surface area contributed by atoms with Gasteiger partial charge in [0.2, 0.25) is 0 Å². The fourth-order valence-electron chi connectivity index (χ4n) is 0.596. The lowest BCUT2D eigenvalue weighted by atomic mass is 10.2. The molecule has 0 heterocycles. The Kier molecular flexibility index (Phi) is 1.98. The summed E-state index contributed by atoms with van der Waals surface area (Å²) in [6.07, 6.45) is 0. The summed E-state index contributed by atoms with van der Waals surface area (Å²) in [5.41, 5.74) is 1.32. The zero-order chi connectivity index (χ0) is 5.82. The second-order valence-electron chi connectivity index (χ2n) is 1.66. The van der Waals surface area contributed by atoms with Gasteiger partial charge in [-0.15, -0.1) is 0 Å². The highest BCUT2D eigenvalue weighted by Gasteiger charge is 1.85. The van der Waals surface area contributed by atoms with E-state index in [1.54, 1.807) is 0 Å². The highest BCUT2D eigenvalue weighted by molar-refractivity contribution is 7.57. The SMILES string of the molecule is [SH2+]Cc1ccccc1. The van der Waals surface area contributed by atoms with Crippen LogP contribution in [-0.2, 0) is 18.4 Å². The van der Waals surface area contributed by atoms with E-state index in [2.05, 4.69) is 24.8 Å². The van der Waals surface area contributed by atoms with Crippen molar-refractivity contribution < 1.29 is 0 Å². The quantitative estimate of drug-likeness (QED) is 0.495. The molecule has 1 heteroatoms. The van der Waals surface area contributed by atoms with Crippen molar-refractivity contribution in [2.75, 3.05) is 0 Å². The van der Waals surface area contributed by atoms with Crippen LogP contribution in [-0.4, -0.2) is 0 Å². The van der Waals surface area contributed by atoms with Crippen LogP contribution in [0.4, 0.5) is 0 Å². The molecule has 0 fully saturated rings. The Bertz CT molecular complexity index is 146. The van der Waals surface area contributed by atoms with E-state index in [1.165, 1.54) is 5.56 Å². The molecule has 0 N–H and O–H groups in total. The first-order valence-electron chi connectivity index (χ1n) is 2.62. The van der Waals surface area contributed by atoms with Gasteiger partial charge in [-0.2, -0.15) is 0 Å². The molecule has 1 aromatic rings. The van der Waals surface area contributed by atoms with Gasteiger partial charge in [-0.25, -0.2) is 0 Å². The molecule has 1 rings (SSSR count). The van der Waals surface area contributed by atoms with Crippen LogP contribution in [0, 0.1) is 0 Å². The van der Waals surface area contributed by atoms with E-state index in [0.717, 1.165) is 5.75 Å². The lowest BCUT2D eigenvalue weighted by molar-refractivity contribution is 1.43. The van der Waals surface area contributed by atoms with Gasteiger partial charge in [0.1, 0.15) is 5.75 Å². The van der Waals surface area contributed by atoms with E-state index in [4.69, 9.17) is 0 Å². The molecular formula is C7H9S+. The van der Waals surface area contributed by atoms with E-state index in [-0.39, 0.29) is 0 Å². The van der Waals surface area contributed by atoms with Gasteiger partial charge in [-0.1, -0.05) is 30.3 Å². The first-order chi connectivity index (χ1) is 3.93. The largest absolute Gasteiger partial charge is 0.128 e. The summed E-state index contributed by atoms with van der Waals surface area (Å²) < 4.78 is 0. The molecule has 0 atom stereocenters. The zero-order valence-corrected chi connectivity index (χ0v) is 5.59. The second kappa shape index (κ2) is 2.78. The van der Waals surface area contributed by atoms with Gasteiger partial charge in [0.15, 0.2) is 0 Å². The Labute approximate surface area is 55.0 Å². The standard InChI is InChI=1S/C7H8S/c8-6-7-4-2-1-3-5-7/h1-5,8H,6H2/p+1. The van der Waals surface area contributed by atoms with Gasteiger partial charge in [-0.05, 0) is 12.6 Å². The lowest BCUT2D eigenvalue weighted by Gasteiger charge is -1.85. The molecule has 0 aromatic heterocycles. The molecule has 42 valence electrons. The molecule has 0 saturated heterocycles. The van der Waals surface area contributed by atoms with Crippen LogP contribution in [0.2, 0.25) is 0 Å². The Morgan fingerprint density at radius 1 is 1.12 bits per heavy atom. The maximum Gasteiger partial charge on any atom is 0.128 e. The summed E-state index contributed by atoms with van der Waals surface area (Å²) >= 11 is 3.40. The molecule has 0 aliphatic heterocycles. The Hall–Kier alpha value is -0.430. The van der Waals surface area contributed by atoms with Crippen LogP contribution in [0.3, 0.4) is 0 Å². The first kappa shape index (κ1) is 5.70. The normalized spacial score (nSPS) is 9.12. The first-order valence-corrected chi connectivity index (χ1v) is 3.32. The summed E-state index contributed by atoms with van der Waals surface area (Å²) in [6, 6.07) is 10.3. The third-order valence-corrected chi connectivity index (χ3v) is 1.46. The number of hydrogen-bond donors (Lipinski definition) is 0. The fourth-order valence-corrected chi connectivity index (χ4v) is 0.832. The van der Waals surface area contributed by atoms with Crippen molar-refractivity contribution in [3.63, 3.8) is 0 Å². The van der Waals surface area contributed by atoms with Crippen molar-refractivity contribution >= 4 is 12.6 Å². The Morgan fingerprint density at radius 2 is 1.75 bits per heavy atom. The predicted octanol–water partition coefficient (Wildman–Crippen LogP) is 1.20. The highest BCUT2D eigenvalue weighted by Crippen LogP contribution is 1.96. The summed E-state index contributed by atoms with van der Waals surface area (Å²) in [5.74, 6) is 0.945. The zero-order valence-electron chi connectivity index (χ0n) is 4.59. The molecule has 0 bridgehead atoms. The van der Waals surface area contributed by atoms with Crippen molar-refractivity contribution in [2.24, 2.45) is 0 Å². The van der Waals surface area contributed by atoms with Crippen molar-refractivity contribution in [3.05, 3.63) is 35.9 Å². The molecule has 8 heavy (non-hydrogen) atoms. The van der Waals surface area contributed by atoms with Crippen LogP contribution in [0.5, 0.6) is 0 Å². The van der Waals surface area contributed by atoms with Crippen molar-refractivity contribution in [3.8, 4) is 0 Å². The molecule has 0 unspecified atom stereocenters. The average Bonchev–Trinajstić information content (AvgIpc) is 1.90. The summed E-state index contributed by atoms with van der Waals surface area (Å²) in [5, 5.41) is 0. The van der Waals surface area contributed by atoms with Crippen molar-refractivity contribution in [2.45, 2.75) is 5.75 Å². The third kappa shape index (κ3) is 1.27. The number of rotatable bonds is 1. The van der Waals surface area contributed by atoms with Gasteiger partial charge in [-0.3, -0.25) is 0 Å². The molecule has 0 saturated carbocycles. The molecule has 0 radical (unpaired) electrons. The Morgan fingerprint density at radius 3 is 2.12 bits per heavy atom. The average molecular weight is 125 g/mol. The van der Waals surface area contributed by atoms with E-state index in [0.29, 0.717) is 0 Å². The van der Waals surface area contributed by atoms with Gasteiger partial charge in [0, 0.05) is 5.56 Å². The van der Waals surface area contributed by atoms with Crippen LogP contribution in [0.1, 0.15) is 5.56 Å². The van der Waals surface area contributed by atoms with E-state index >= 15 is 0 Å². The van der Waals surface area contributed by atoms with Crippen LogP contribution >= 0.6 is 0 Å². The molecule has 0 amide bonds. The molecule has 1 aromatic carbocycles. The molecular weight excluding hydrogens is 116 g/mol. The third-order valence-electron chi connectivity index (χ3n) is 1.05. The highest BCUT2D eigenvalue weighted by atomic mass is 32.1. The van der Waals surface area contributed by atoms with Crippen LogP contribution in [0.25, 0.3) is 0 Å². The van der Waals surface area contributed by atoms with Gasteiger partial charge in [0.25, 0.3) is 0 Å². The van der Waals surface area contributed by atoms with E-state index in [9.17, 15) is 0 Å². The van der Waals surface area contributed by atoms with Gasteiger partial charge >= 0.3 is 0 Å². The molecule has 0 nitrogen and oxygen atoms in total. The molecule has 0 aliphatic carbocycles. The minimum atomic E-state index is 0.945. The number of benzene rings is 1. The maximum atomic E-state index is 3.40. The molecule has 0 spiro atoms. The summed E-state index contributed by atoms with van der Waals surface area (Å²) in [4.78, 5) is 0. The summed E-state index contributed by atoms with van der Waals surface area (Å²) in [6.45, 7) is 0. The minimum Gasteiger partial charge on any atom is -0.0622 e. The predicted molar refractivity (Wildman–Crippen MR) is 40.3 cm³/mol. The minimum absolute atomic E-state index is 0.945. The fraction of sp³-hybridized carbons (Fsp3) is 0.143. The smallest absolute Gasteiger partial charge is 0.0622 e. The van der Waals surface area contributed by atoms with Gasteiger partial charge in [0.05, 0.1) is 0 Å². The van der Waals surface area contributed by atoms with E-state index < -0.39 is 0 Å². The monoisotopic (exact) mass is 125 g/mol. The van der Waals surface area contributed by atoms with Gasteiger partial charge < -0.3 is 0 Å². The molecule has 0 aliphatic rings. The second-order valence-corrected chi connectivity index (χ2v) is 2.02. The van der Waals surface area contributed by atoms with Crippen molar-refractivity contribution in [1.29, 1.82) is 0 Å². The number of hydrogen-bond acceptors (Lipinski definition) is 0. The van der Waals surface area contributed by atoms with Crippen LogP contribution in [0.15, 0.2) is 30.3 Å². The Balaban J connectivity index is 2.83. The maximum absolute atomic E-state index is 3.40. The van der Waals surface area contributed by atoms with Crippen LogP contribution < -0.4 is 0 Å². The lowest BCUT2D eigenvalue weighted by Crippen LogP contribution is -1.74. The summed E-state index contributed by atoms with van der Waals surface area (Å²) in [7, 11) is 0. The van der Waals surface area contributed by atoms with Crippen molar-refractivity contribution in [1.82, 2.24) is 0 Å².